The minimum absolute atomic E-state index is 0.0744. The third-order valence-electron chi connectivity index (χ3n) is 3.54. The van der Waals surface area contributed by atoms with E-state index in [4.69, 9.17) is 9.84 Å². The number of aliphatic carboxylic acids is 1. The Kier molecular flexibility index (Phi) is 5.01. The van der Waals surface area contributed by atoms with Gasteiger partial charge in [-0.3, -0.25) is 4.79 Å². The van der Waals surface area contributed by atoms with E-state index in [0.29, 0.717) is 19.0 Å². The maximum Gasteiger partial charge on any atom is 0.323 e. The second kappa shape index (κ2) is 6.75. The highest BCUT2D eigenvalue weighted by molar-refractivity contribution is 5.80. The van der Waals surface area contributed by atoms with Gasteiger partial charge in [0.05, 0.1) is 6.10 Å². The summed E-state index contributed by atoms with van der Waals surface area (Å²) in [6.45, 7) is 1.54. The zero-order valence-corrected chi connectivity index (χ0v) is 11.1. The van der Waals surface area contributed by atoms with Gasteiger partial charge in [0.25, 0.3) is 0 Å². The summed E-state index contributed by atoms with van der Waals surface area (Å²) in [5.74, 6) is -0.485. The Morgan fingerprint density at radius 1 is 1.26 bits per heavy atom. The molecule has 6 nitrogen and oxygen atoms in total. The van der Waals surface area contributed by atoms with Crippen LogP contribution in [0.4, 0.5) is 4.79 Å². The largest absolute Gasteiger partial charge is 0.480 e. The van der Waals surface area contributed by atoms with E-state index in [1.807, 2.05) is 0 Å². The highest BCUT2D eigenvalue weighted by Gasteiger charge is 2.28. The third kappa shape index (κ3) is 5.06. The zero-order valence-electron chi connectivity index (χ0n) is 11.1. The van der Waals surface area contributed by atoms with Crippen LogP contribution in [0.15, 0.2) is 0 Å². The molecule has 0 radical (unpaired) electrons. The lowest BCUT2D eigenvalue weighted by Crippen LogP contribution is -2.46. The van der Waals surface area contributed by atoms with E-state index in [1.165, 1.54) is 4.90 Å². The molecule has 0 bridgehead atoms. The quantitative estimate of drug-likeness (QED) is 0.756. The van der Waals surface area contributed by atoms with Crippen molar-refractivity contribution in [1.29, 1.82) is 0 Å². The van der Waals surface area contributed by atoms with Crippen LogP contribution in [0.25, 0.3) is 0 Å². The molecule has 0 aromatic rings. The molecule has 2 N–H and O–H groups in total. The van der Waals surface area contributed by atoms with Crippen LogP contribution < -0.4 is 5.32 Å². The van der Waals surface area contributed by atoms with E-state index in [2.05, 4.69) is 5.32 Å². The summed E-state index contributed by atoms with van der Waals surface area (Å²) in [7, 11) is 0. The Hall–Kier alpha value is -1.30. The predicted molar refractivity (Wildman–Crippen MR) is 68.9 cm³/mol. The van der Waals surface area contributed by atoms with Gasteiger partial charge in [-0.2, -0.15) is 0 Å². The minimum atomic E-state index is -0.968. The lowest BCUT2D eigenvalue weighted by molar-refractivity contribution is -0.137. The maximum absolute atomic E-state index is 12.0. The summed E-state index contributed by atoms with van der Waals surface area (Å²) in [6, 6.07) is -0.288. The molecule has 108 valence electrons. The van der Waals surface area contributed by atoms with Crippen LogP contribution in [0.2, 0.25) is 0 Å². The monoisotopic (exact) mass is 270 g/mol. The van der Waals surface area contributed by atoms with Gasteiger partial charge >= 0.3 is 12.0 Å². The van der Waals surface area contributed by atoms with Gasteiger partial charge in [-0.25, -0.2) is 4.79 Å². The lowest BCUT2D eigenvalue weighted by atomic mass is 10.1. The van der Waals surface area contributed by atoms with Gasteiger partial charge in [-0.05, 0) is 38.0 Å². The van der Waals surface area contributed by atoms with E-state index in [1.54, 1.807) is 0 Å². The molecule has 1 aliphatic heterocycles. The standard InChI is InChI=1S/C13H22N2O4/c16-12(17)9-15(8-10-4-5-10)13(18)14-7-11-3-1-2-6-19-11/h10-11H,1-9H2,(H,14,18)(H,16,17). The molecule has 0 aromatic heterocycles. The van der Waals surface area contributed by atoms with Gasteiger partial charge in [0.15, 0.2) is 0 Å². The number of carboxylic acids is 1. The zero-order chi connectivity index (χ0) is 13.7. The van der Waals surface area contributed by atoms with Crippen molar-refractivity contribution in [2.24, 2.45) is 5.92 Å². The van der Waals surface area contributed by atoms with Gasteiger partial charge in [-0.15, -0.1) is 0 Å². The lowest BCUT2D eigenvalue weighted by Gasteiger charge is -2.25. The first-order valence-corrected chi connectivity index (χ1v) is 7.01. The molecular weight excluding hydrogens is 248 g/mol. The minimum Gasteiger partial charge on any atom is -0.480 e. The van der Waals surface area contributed by atoms with E-state index >= 15 is 0 Å². The van der Waals surface area contributed by atoms with Gasteiger partial charge < -0.3 is 20.1 Å². The number of amides is 2. The number of rotatable bonds is 6. The van der Waals surface area contributed by atoms with Crippen LogP contribution in [0.5, 0.6) is 0 Å². The number of carbonyl (C=O) groups is 2. The highest BCUT2D eigenvalue weighted by Crippen LogP contribution is 2.29. The van der Waals surface area contributed by atoms with Crippen molar-refractivity contribution in [2.75, 3.05) is 26.2 Å². The normalized spacial score (nSPS) is 22.8. The van der Waals surface area contributed by atoms with Gasteiger partial charge in [0.2, 0.25) is 0 Å². The Balaban J connectivity index is 1.74. The number of nitrogens with one attached hydrogen (secondary N) is 1. The summed E-state index contributed by atoms with van der Waals surface area (Å²) in [5.41, 5.74) is 0. The van der Waals surface area contributed by atoms with Crippen molar-refractivity contribution in [3.05, 3.63) is 0 Å². The average molecular weight is 270 g/mol. The van der Waals surface area contributed by atoms with Gasteiger partial charge in [-0.1, -0.05) is 0 Å². The summed E-state index contributed by atoms with van der Waals surface area (Å²) in [4.78, 5) is 24.1. The van der Waals surface area contributed by atoms with Crippen molar-refractivity contribution in [3.63, 3.8) is 0 Å². The summed E-state index contributed by atoms with van der Waals surface area (Å²) in [5, 5.41) is 11.6. The van der Waals surface area contributed by atoms with E-state index < -0.39 is 5.97 Å². The number of hydrogen-bond acceptors (Lipinski definition) is 3. The molecule has 2 amide bonds. The smallest absolute Gasteiger partial charge is 0.323 e. The van der Waals surface area contributed by atoms with Crippen molar-refractivity contribution in [2.45, 2.75) is 38.2 Å². The van der Waals surface area contributed by atoms with Crippen LogP contribution >= 0.6 is 0 Å². The molecule has 1 unspecified atom stereocenters. The maximum atomic E-state index is 12.0. The fourth-order valence-corrected chi connectivity index (χ4v) is 2.28. The molecule has 0 aromatic carbocycles. The van der Waals surface area contributed by atoms with Crippen LogP contribution in [0, 0.1) is 5.92 Å². The first kappa shape index (κ1) is 14.1. The predicted octanol–water partition coefficient (Wildman–Crippen LogP) is 1.06. The Morgan fingerprint density at radius 3 is 2.63 bits per heavy atom. The van der Waals surface area contributed by atoms with E-state index in [9.17, 15) is 9.59 Å². The van der Waals surface area contributed by atoms with Crippen LogP contribution in [0.3, 0.4) is 0 Å². The molecule has 19 heavy (non-hydrogen) atoms. The summed E-state index contributed by atoms with van der Waals surface area (Å²) < 4.78 is 5.53. The molecule has 2 rings (SSSR count). The van der Waals surface area contributed by atoms with Gasteiger partial charge in [0.1, 0.15) is 6.54 Å². The second-order valence-corrected chi connectivity index (χ2v) is 5.39. The molecule has 0 spiro atoms. The van der Waals surface area contributed by atoms with E-state index in [-0.39, 0.29) is 18.7 Å². The topological polar surface area (TPSA) is 78.9 Å². The van der Waals surface area contributed by atoms with Crippen molar-refractivity contribution >= 4 is 12.0 Å². The average Bonchev–Trinajstić information content (AvgIpc) is 3.20. The SMILES string of the molecule is O=C(O)CN(CC1CC1)C(=O)NCC1CCCCO1. The van der Waals surface area contributed by atoms with Crippen LogP contribution in [-0.4, -0.2) is 54.4 Å². The second-order valence-electron chi connectivity index (χ2n) is 5.39. The molecule has 1 saturated carbocycles. The first-order valence-electron chi connectivity index (χ1n) is 7.01. The fourth-order valence-electron chi connectivity index (χ4n) is 2.28. The number of carboxylic acid groups (broad SMARTS) is 1. The van der Waals surface area contributed by atoms with Gasteiger partial charge in [0, 0.05) is 19.7 Å². The molecule has 1 atom stereocenters. The number of nitrogens with zero attached hydrogens (tertiary/aromatic N) is 1. The molecule has 6 heteroatoms. The molecule has 1 saturated heterocycles. The summed E-state index contributed by atoms with van der Waals surface area (Å²) in [6.07, 6.45) is 5.43. The molecule has 1 heterocycles. The van der Waals surface area contributed by atoms with Crippen molar-refractivity contribution in [3.8, 4) is 0 Å². The molecular formula is C13H22N2O4. The fraction of sp³-hybridized carbons (Fsp3) is 0.846. The van der Waals surface area contributed by atoms with E-state index in [0.717, 1.165) is 38.7 Å². The molecule has 1 aliphatic carbocycles. The first-order chi connectivity index (χ1) is 9.15. The highest BCUT2D eigenvalue weighted by atomic mass is 16.5. The molecule has 2 fully saturated rings. The number of urea groups is 1. The third-order valence-corrected chi connectivity index (χ3v) is 3.54. The number of ether oxygens (including phenoxy) is 1. The number of carbonyl (C=O) groups excluding carboxylic acids is 1. The van der Waals surface area contributed by atoms with Crippen molar-refractivity contribution < 1.29 is 19.4 Å². The Morgan fingerprint density at radius 2 is 2.05 bits per heavy atom. The Labute approximate surface area is 113 Å². The van der Waals surface area contributed by atoms with Crippen LogP contribution in [0.1, 0.15) is 32.1 Å². The number of hydrogen-bond donors (Lipinski definition) is 2. The van der Waals surface area contributed by atoms with Crippen LogP contribution in [-0.2, 0) is 9.53 Å². The summed E-state index contributed by atoms with van der Waals surface area (Å²) >= 11 is 0. The molecule has 2 aliphatic rings. The van der Waals surface area contributed by atoms with Crippen molar-refractivity contribution in [1.82, 2.24) is 10.2 Å². The Bertz CT molecular complexity index is 325.